The topological polar surface area (TPSA) is 56.5 Å². The lowest BCUT2D eigenvalue weighted by molar-refractivity contribution is 0.0719. The standard InChI is InChI=1S/C15H24N2O2/c1-10-6-13(15(18-3)7-11(10)2)14(16)8-12-9-19-5-4-17-12/h6-7,12,14,17H,4-5,8-9,16H2,1-3H3. The summed E-state index contributed by atoms with van der Waals surface area (Å²) in [6.45, 7) is 6.62. The van der Waals surface area contributed by atoms with E-state index in [2.05, 4.69) is 31.3 Å². The maximum atomic E-state index is 6.35. The van der Waals surface area contributed by atoms with Gasteiger partial charge in [-0.15, -0.1) is 0 Å². The number of hydrogen-bond acceptors (Lipinski definition) is 4. The number of benzene rings is 1. The predicted molar refractivity (Wildman–Crippen MR) is 76.6 cm³/mol. The fraction of sp³-hybridized carbons (Fsp3) is 0.600. The number of hydrogen-bond donors (Lipinski definition) is 2. The van der Waals surface area contributed by atoms with Crippen molar-refractivity contribution in [2.45, 2.75) is 32.4 Å². The molecule has 4 heteroatoms. The van der Waals surface area contributed by atoms with E-state index < -0.39 is 0 Å². The molecule has 0 aliphatic carbocycles. The van der Waals surface area contributed by atoms with Crippen molar-refractivity contribution in [3.05, 3.63) is 28.8 Å². The summed E-state index contributed by atoms with van der Waals surface area (Å²) in [7, 11) is 1.70. The van der Waals surface area contributed by atoms with E-state index in [4.69, 9.17) is 15.2 Å². The highest BCUT2D eigenvalue weighted by molar-refractivity contribution is 5.43. The molecule has 0 spiro atoms. The molecule has 1 aromatic carbocycles. The molecule has 106 valence electrons. The van der Waals surface area contributed by atoms with Crippen molar-refractivity contribution in [3.63, 3.8) is 0 Å². The number of nitrogens with two attached hydrogens (primary N) is 1. The average Bonchev–Trinajstić information content (AvgIpc) is 2.42. The minimum Gasteiger partial charge on any atom is -0.496 e. The Kier molecular flexibility index (Phi) is 4.80. The molecular weight excluding hydrogens is 240 g/mol. The fourth-order valence-corrected chi connectivity index (χ4v) is 2.48. The van der Waals surface area contributed by atoms with Crippen molar-refractivity contribution in [1.82, 2.24) is 5.32 Å². The molecule has 2 unspecified atom stereocenters. The Morgan fingerprint density at radius 2 is 2.16 bits per heavy atom. The van der Waals surface area contributed by atoms with Gasteiger partial charge in [-0.25, -0.2) is 0 Å². The summed E-state index contributed by atoms with van der Waals surface area (Å²) < 4.78 is 10.9. The number of nitrogens with one attached hydrogen (secondary N) is 1. The van der Waals surface area contributed by atoms with Crippen molar-refractivity contribution in [2.24, 2.45) is 5.73 Å². The Hall–Kier alpha value is -1.10. The van der Waals surface area contributed by atoms with Gasteiger partial charge in [0.05, 0.1) is 20.3 Å². The predicted octanol–water partition coefficient (Wildman–Crippen LogP) is 1.69. The van der Waals surface area contributed by atoms with Gasteiger partial charge in [-0.05, 0) is 37.5 Å². The first-order valence-electron chi connectivity index (χ1n) is 6.83. The molecule has 0 radical (unpaired) electrons. The SMILES string of the molecule is COc1cc(C)c(C)cc1C(N)CC1COCCN1. The Bertz CT molecular complexity index is 428. The second-order valence-corrected chi connectivity index (χ2v) is 5.25. The molecule has 2 rings (SSSR count). The molecule has 0 bridgehead atoms. The van der Waals surface area contributed by atoms with Crippen LogP contribution in [0, 0.1) is 13.8 Å². The molecule has 19 heavy (non-hydrogen) atoms. The quantitative estimate of drug-likeness (QED) is 0.869. The van der Waals surface area contributed by atoms with Crippen LogP contribution in [0.2, 0.25) is 0 Å². The minimum atomic E-state index is -0.0338. The van der Waals surface area contributed by atoms with E-state index in [1.54, 1.807) is 7.11 Å². The Morgan fingerprint density at radius 3 is 2.79 bits per heavy atom. The number of ether oxygens (including phenoxy) is 2. The van der Waals surface area contributed by atoms with E-state index in [9.17, 15) is 0 Å². The van der Waals surface area contributed by atoms with Gasteiger partial charge in [0.25, 0.3) is 0 Å². The lowest BCUT2D eigenvalue weighted by Gasteiger charge is -2.27. The molecule has 4 nitrogen and oxygen atoms in total. The molecule has 2 atom stereocenters. The van der Waals surface area contributed by atoms with Gasteiger partial charge in [0, 0.05) is 24.2 Å². The summed E-state index contributed by atoms with van der Waals surface area (Å²) in [6, 6.07) is 4.50. The first kappa shape index (κ1) is 14.3. The van der Waals surface area contributed by atoms with Gasteiger partial charge >= 0.3 is 0 Å². The van der Waals surface area contributed by atoms with Crippen molar-refractivity contribution in [3.8, 4) is 5.75 Å². The fourth-order valence-electron chi connectivity index (χ4n) is 2.48. The van der Waals surface area contributed by atoms with Crippen LogP contribution in [0.5, 0.6) is 5.75 Å². The normalized spacial score (nSPS) is 21.2. The van der Waals surface area contributed by atoms with Crippen molar-refractivity contribution in [1.29, 1.82) is 0 Å². The van der Waals surface area contributed by atoms with Crippen LogP contribution < -0.4 is 15.8 Å². The summed E-state index contributed by atoms with van der Waals surface area (Å²) in [5.74, 6) is 0.882. The van der Waals surface area contributed by atoms with Crippen LogP contribution in [0.15, 0.2) is 12.1 Å². The zero-order valence-electron chi connectivity index (χ0n) is 12.0. The summed E-state index contributed by atoms with van der Waals surface area (Å²) in [5.41, 5.74) is 9.90. The van der Waals surface area contributed by atoms with Gasteiger partial charge in [0.2, 0.25) is 0 Å². The lowest BCUT2D eigenvalue weighted by atomic mass is 9.95. The Morgan fingerprint density at radius 1 is 1.42 bits per heavy atom. The third-order valence-electron chi connectivity index (χ3n) is 3.78. The lowest BCUT2D eigenvalue weighted by Crippen LogP contribution is -2.42. The maximum Gasteiger partial charge on any atom is 0.123 e. The van der Waals surface area contributed by atoms with E-state index >= 15 is 0 Å². The van der Waals surface area contributed by atoms with E-state index in [1.807, 2.05) is 0 Å². The molecule has 0 aromatic heterocycles. The summed E-state index contributed by atoms with van der Waals surface area (Å²) in [6.07, 6.45) is 0.860. The zero-order chi connectivity index (χ0) is 13.8. The Labute approximate surface area is 115 Å². The first-order chi connectivity index (χ1) is 9.11. The van der Waals surface area contributed by atoms with Crippen LogP contribution >= 0.6 is 0 Å². The van der Waals surface area contributed by atoms with Gasteiger partial charge < -0.3 is 20.5 Å². The average molecular weight is 264 g/mol. The van der Waals surface area contributed by atoms with Crippen LogP contribution in [0.3, 0.4) is 0 Å². The molecule has 1 saturated heterocycles. The van der Waals surface area contributed by atoms with Crippen molar-refractivity contribution >= 4 is 0 Å². The van der Waals surface area contributed by atoms with E-state index in [0.29, 0.717) is 6.04 Å². The van der Waals surface area contributed by atoms with Gasteiger partial charge in [-0.3, -0.25) is 0 Å². The molecule has 0 amide bonds. The molecule has 1 aliphatic rings. The molecule has 1 aliphatic heterocycles. The van der Waals surface area contributed by atoms with Crippen LogP contribution in [0.1, 0.15) is 29.2 Å². The smallest absolute Gasteiger partial charge is 0.123 e. The summed E-state index contributed by atoms with van der Waals surface area (Å²) in [4.78, 5) is 0. The van der Waals surface area contributed by atoms with Gasteiger partial charge in [-0.2, -0.15) is 0 Å². The molecular formula is C15H24N2O2. The first-order valence-corrected chi connectivity index (χ1v) is 6.83. The number of morpholine rings is 1. The summed E-state index contributed by atoms with van der Waals surface area (Å²) in [5, 5.41) is 3.44. The van der Waals surface area contributed by atoms with Crippen LogP contribution in [-0.2, 0) is 4.74 Å². The molecule has 1 heterocycles. The number of aryl methyl sites for hydroxylation is 2. The van der Waals surface area contributed by atoms with Gasteiger partial charge in [0.1, 0.15) is 5.75 Å². The maximum absolute atomic E-state index is 6.35. The van der Waals surface area contributed by atoms with Crippen molar-refractivity contribution < 1.29 is 9.47 Å². The second kappa shape index (κ2) is 6.37. The minimum absolute atomic E-state index is 0.0338. The molecule has 0 saturated carbocycles. The number of rotatable bonds is 4. The Balaban J connectivity index is 2.13. The molecule has 1 fully saturated rings. The summed E-state index contributed by atoms with van der Waals surface area (Å²) >= 11 is 0. The monoisotopic (exact) mass is 264 g/mol. The van der Waals surface area contributed by atoms with Crippen molar-refractivity contribution in [2.75, 3.05) is 26.9 Å². The van der Waals surface area contributed by atoms with Crippen LogP contribution in [0.4, 0.5) is 0 Å². The zero-order valence-corrected chi connectivity index (χ0v) is 12.0. The largest absolute Gasteiger partial charge is 0.496 e. The molecule has 1 aromatic rings. The van der Waals surface area contributed by atoms with Gasteiger partial charge in [0.15, 0.2) is 0 Å². The third kappa shape index (κ3) is 3.47. The van der Waals surface area contributed by atoms with Crippen LogP contribution in [-0.4, -0.2) is 32.9 Å². The molecule has 3 N–H and O–H groups in total. The van der Waals surface area contributed by atoms with Gasteiger partial charge in [-0.1, -0.05) is 6.07 Å². The van der Waals surface area contributed by atoms with E-state index in [-0.39, 0.29) is 6.04 Å². The second-order valence-electron chi connectivity index (χ2n) is 5.25. The number of methoxy groups -OCH3 is 1. The highest BCUT2D eigenvalue weighted by Crippen LogP contribution is 2.29. The third-order valence-corrected chi connectivity index (χ3v) is 3.78. The van der Waals surface area contributed by atoms with E-state index in [1.165, 1.54) is 11.1 Å². The highest BCUT2D eigenvalue weighted by atomic mass is 16.5. The van der Waals surface area contributed by atoms with E-state index in [0.717, 1.165) is 37.5 Å². The van der Waals surface area contributed by atoms with Crippen LogP contribution in [0.25, 0.3) is 0 Å². The highest BCUT2D eigenvalue weighted by Gasteiger charge is 2.20.